The van der Waals surface area contributed by atoms with Gasteiger partial charge in [-0.15, -0.1) is 0 Å². The maximum atomic E-state index is 13.3. The molecule has 0 saturated heterocycles. The molecule has 1 heterocycles. The van der Waals surface area contributed by atoms with E-state index in [0.29, 0.717) is 34.7 Å². The summed E-state index contributed by atoms with van der Waals surface area (Å²) >= 11 is 1.39. The lowest BCUT2D eigenvalue weighted by atomic mass is 10.1. The number of fused-ring (bicyclic) bond motifs is 1. The average molecular weight is 388 g/mol. The van der Waals surface area contributed by atoms with E-state index in [1.807, 2.05) is 50.2 Å². The van der Waals surface area contributed by atoms with Gasteiger partial charge in [0.25, 0.3) is 5.56 Å². The fourth-order valence-corrected chi connectivity index (χ4v) is 4.22. The molecule has 0 N–H and O–H groups in total. The zero-order valence-corrected chi connectivity index (χ0v) is 16.7. The SMILES string of the molecule is Cc1cccc(C)c1-n1c(SC[C@H](C#N)CCC#N)nc2ccccc2c1=O. The van der Waals surface area contributed by atoms with Crippen LogP contribution >= 0.6 is 11.8 Å². The molecule has 0 aliphatic heterocycles. The Morgan fingerprint density at radius 3 is 2.50 bits per heavy atom. The topological polar surface area (TPSA) is 82.5 Å². The van der Waals surface area contributed by atoms with Gasteiger partial charge in [0, 0.05) is 12.2 Å². The van der Waals surface area contributed by atoms with Gasteiger partial charge in [-0.25, -0.2) is 4.98 Å². The van der Waals surface area contributed by atoms with Crippen molar-refractivity contribution >= 4 is 22.7 Å². The van der Waals surface area contributed by atoms with Crippen LogP contribution < -0.4 is 5.56 Å². The zero-order valence-electron chi connectivity index (χ0n) is 15.8. The second-order valence-electron chi connectivity index (χ2n) is 6.63. The molecule has 0 bridgehead atoms. The number of aryl methyl sites for hydroxylation is 2. The number of rotatable bonds is 6. The van der Waals surface area contributed by atoms with Crippen LogP contribution in [0.3, 0.4) is 0 Å². The summed E-state index contributed by atoms with van der Waals surface area (Å²) in [5, 5.41) is 19.3. The van der Waals surface area contributed by atoms with E-state index in [1.54, 1.807) is 10.6 Å². The van der Waals surface area contributed by atoms with Gasteiger partial charge in [-0.05, 0) is 43.5 Å². The second kappa shape index (κ2) is 8.73. The lowest BCUT2D eigenvalue weighted by Crippen LogP contribution is -2.23. The van der Waals surface area contributed by atoms with Crippen LogP contribution in [0.25, 0.3) is 16.6 Å². The first-order chi connectivity index (χ1) is 13.6. The normalized spacial score (nSPS) is 11.7. The number of hydrogen-bond donors (Lipinski definition) is 0. The Morgan fingerprint density at radius 1 is 1.11 bits per heavy atom. The average Bonchev–Trinajstić information content (AvgIpc) is 2.70. The second-order valence-corrected chi connectivity index (χ2v) is 7.61. The van der Waals surface area contributed by atoms with Crippen molar-refractivity contribution in [1.29, 1.82) is 10.5 Å². The molecule has 0 aliphatic carbocycles. The number of nitriles is 2. The van der Waals surface area contributed by atoms with Crippen LogP contribution in [0.1, 0.15) is 24.0 Å². The number of thioether (sulfide) groups is 1. The molecule has 6 heteroatoms. The minimum Gasteiger partial charge on any atom is -0.268 e. The Kier molecular flexibility index (Phi) is 6.13. The van der Waals surface area contributed by atoms with E-state index in [4.69, 9.17) is 10.2 Å². The summed E-state index contributed by atoms with van der Waals surface area (Å²) in [6.07, 6.45) is 0.856. The molecule has 3 rings (SSSR count). The first kappa shape index (κ1) is 19.7. The Morgan fingerprint density at radius 2 is 1.82 bits per heavy atom. The standard InChI is InChI=1S/C22H20N4OS/c1-15-7-5-8-16(2)20(15)26-21(27)18-10-3-4-11-19(18)25-22(26)28-14-17(13-24)9-6-12-23/h3-5,7-8,10-11,17H,6,9,14H2,1-2H3/t17-/m0/s1. The fourth-order valence-electron chi connectivity index (χ4n) is 3.16. The molecule has 0 radical (unpaired) electrons. The summed E-state index contributed by atoms with van der Waals surface area (Å²) < 4.78 is 1.66. The molecule has 0 amide bonds. The van der Waals surface area contributed by atoms with Gasteiger partial charge in [-0.1, -0.05) is 42.1 Å². The van der Waals surface area contributed by atoms with Gasteiger partial charge in [0.2, 0.25) is 0 Å². The van der Waals surface area contributed by atoms with E-state index in [1.165, 1.54) is 11.8 Å². The quantitative estimate of drug-likeness (QED) is 0.457. The predicted octanol–water partition coefficient (Wildman–Crippen LogP) is 4.54. The summed E-state index contributed by atoms with van der Waals surface area (Å²) in [4.78, 5) is 18.1. The highest BCUT2D eigenvalue weighted by Gasteiger charge is 2.18. The van der Waals surface area contributed by atoms with E-state index in [0.717, 1.165) is 16.8 Å². The van der Waals surface area contributed by atoms with E-state index in [-0.39, 0.29) is 11.5 Å². The van der Waals surface area contributed by atoms with Gasteiger partial charge in [0.15, 0.2) is 5.16 Å². The van der Waals surface area contributed by atoms with E-state index < -0.39 is 0 Å². The van der Waals surface area contributed by atoms with Gasteiger partial charge in [-0.3, -0.25) is 9.36 Å². The van der Waals surface area contributed by atoms with Crippen molar-refractivity contribution < 1.29 is 0 Å². The summed E-state index contributed by atoms with van der Waals surface area (Å²) in [6, 6.07) is 17.6. The van der Waals surface area contributed by atoms with Crippen LogP contribution in [-0.4, -0.2) is 15.3 Å². The first-order valence-electron chi connectivity index (χ1n) is 9.04. The Labute approximate surface area is 168 Å². The van der Waals surface area contributed by atoms with Gasteiger partial charge in [-0.2, -0.15) is 10.5 Å². The summed E-state index contributed by atoms with van der Waals surface area (Å²) in [5.41, 5.74) is 3.34. The minimum atomic E-state index is -0.264. The number of hydrogen-bond acceptors (Lipinski definition) is 5. The van der Waals surface area contributed by atoms with E-state index in [2.05, 4.69) is 12.1 Å². The predicted molar refractivity (Wildman–Crippen MR) is 111 cm³/mol. The molecule has 1 aromatic heterocycles. The number of nitrogens with zero attached hydrogens (tertiary/aromatic N) is 4. The van der Waals surface area contributed by atoms with Gasteiger partial charge >= 0.3 is 0 Å². The van der Waals surface area contributed by atoms with Gasteiger partial charge in [0.05, 0.1) is 34.6 Å². The molecule has 0 unspecified atom stereocenters. The third kappa shape index (κ3) is 3.93. The van der Waals surface area contributed by atoms with Crippen molar-refractivity contribution in [3.63, 3.8) is 0 Å². The molecule has 28 heavy (non-hydrogen) atoms. The molecule has 2 aromatic carbocycles. The van der Waals surface area contributed by atoms with Crippen LogP contribution in [0, 0.1) is 42.4 Å². The smallest absolute Gasteiger partial charge is 0.266 e. The Balaban J connectivity index is 2.15. The maximum Gasteiger partial charge on any atom is 0.266 e. The minimum absolute atomic E-state index is 0.115. The lowest BCUT2D eigenvalue weighted by molar-refractivity contribution is 0.682. The lowest BCUT2D eigenvalue weighted by Gasteiger charge is -2.17. The molecule has 5 nitrogen and oxygen atoms in total. The third-order valence-electron chi connectivity index (χ3n) is 4.61. The van der Waals surface area contributed by atoms with Crippen LogP contribution in [0.4, 0.5) is 0 Å². The largest absolute Gasteiger partial charge is 0.268 e. The van der Waals surface area contributed by atoms with Crippen molar-refractivity contribution in [2.24, 2.45) is 5.92 Å². The van der Waals surface area contributed by atoms with Crippen molar-refractivity contribution in [2.45, 2.75) is 31.8 Å². The van der Waals surface area contributed by atoms with Gasteiger partial charge < -0.3 is 0 Å². The molecular weight excluding hydrogens is 368 g/mol. The van der Waals surface area contributed by atoms with Crippen LogP contribution in [0.15, 0.2) is 52.4 Å². The molecule has 0 saturated carbocycles. The van der Waals surface area contributed by atoms with Crippen molar-refractivity contribution in [2.75, 3.05) is 5.75 Å². The van der Waals surface area contributed by atoms with Crippen molar-refractivity contribution in [1.82, 2.24) is 9.55 Å². The third-order valence-corrected chi connectivity index (χ3v) is 5.71. The summed E-state index contributed by atoms with van der Waals surface area (Å²) in [5.74, 6) is 0.216. The molecule has 1 atom stereocenters. The highest BCUT2D eigenvalue weighted by atomic mass is 32.2. The fraction of sp³-hybridized carbons (Fsp3) is 0.273. The first-order valence-corrected chi connectivity index (χ1v) is 10.0. The monoisotopic (exact) mass is 388 g/mol. The molecular formula is C22H20N4OS. The molecule has 140 valence electrons. The summed E-state index contributed by atoms with van der Waals surface area (Å²) in [7, 11) is 0. The zero-order chi connectivity index (χ0) is 20.1. The summed E-state index contributed by atoms with van der Waals surface area (Å²) in [6.45, 7) is 3.95. The molecule has 0 spiro atoms. The molecule has 0 aliphatic rings. The van der Waals surface area contributed by atoms with Gasteiger partial charge in [0.1, 0.15) is 0 Å². The molecule has 3 aromatic rings. The highest BCUT2D eigenvalue weighted by Crippen LogP contribution is 2.27. The highest BCUT2D eigenvalue weighted by molar-refractivity contribution is 7.99. The van der Waals surface area contributed by atoms with Crippen LogP contribution in [0.2, 0.25) is 0 Å². The van der Waals surface area contributed by atoms with Crippen molar-refractivity contribution in [3.05, 3.63) is 63.9 Å². The maximum absolute atomic E-state index is 13.3. The van der Waals surface area contributed by atoms with Crippen LogP contribution in [0.5, 0.6) is 0 Å². The number of para-hydroxylation sites is 2. The van der Waals surface area contributed by atoms with E-state index in [9.17, 15) is 10.1 Å². The number of benzene rings is 2. The van der Waals surface area contributed by atoms with Crippen molar-refractivity contribution in [3.8, 4) is 17.8 Å². The Hall–Kier alpha value is -3.09. The van der Waals surface area contributed by atoms with Crippen LogP contribution in [-0.2, 0) is 0 Å². The number of aromatic nitrogens is 2. The Bertz CT molecular complexity index is 1130. The van der Waals surface area contributed by atoms with E-state index >= 15 is 0 Å². The molecule has 0 fully saturated rings.